The second kappa shape index (κ2) is 8.34. The Kier molecular flexibility index (Phi) is 5.75. The topological polar surface area (TPSA) is 92.8 Å². The Labute approximate surface area is 182 Å². The Balaban J connectivity index is 1.60. The van der Waals surface area contributed by atoms with Crippen LogP contribution >= 0.6 is 0 Å². The van der Waals surface area contributed by atoms with Crippen LogP contribution in [0.25, 0.3) is 0 Å². The van der Waals surface area contributed by atoms with E-state index in [9.17, 15) is 18.0 Å². The molecule has 7 nitrogen and oxygen atoms in total. The Morgan fingerprint density at radius 1 is 1.03 bits per heavy atom. The van der Waals surface area contributed by atoms with Crippen molar-refractivity contribution in [3.8, 4) is 5.75 Å². The molecule has 2 aromatic rings. The van der Waals surface area contributed by atoms with Gasteiger partial charge < -0.3 is 4.74 Å². The number of rotatable bonds is 6. The van der Waals surface area contributed by atoms with E-state index in [1.165, 1.54) is 18.1 Å². The molecular formula is C23H26N2O5S. The molecule has 2 aromatic carbocycles. The number of nitrogens with one attached hydrogen (secondary N) is 1. The molecule has 2 fully saturated rings. The number of aryl methyl sites for hydroxylation is 1. The van der Waals surface area contributed by atoms with Crippen LogP contribution in [0.1, 0.15) is 36.8 Å². The molecule has 8 heteroatoms. The number of imide groups is 1. The van der Waals surface area contributed by atoms with Crippen molar-refractivity contribution in [3.63, 3.8) is 0 Å². The molecule has 164 valence electrons. The summed E-state index contributed by atoms with van der Waals surface area (Å²) in [7, 11) is -2.43. The lowest BCUT2D eigenvalue weighted by atomic mass is 9.81. The molecule has 2 aliphatic rings. The van der Waals surface area contributed by atoms with Crippen LogP contribution in [-0.4, -0.2) is 32.2 Å². The van der Waals surface area contributed by atoms with Crippen molar-refractivity contribution in [1.82, 2.24) is 4.90 Å². The van der Waals surface area contributed by atoms with Gasteiger partial charge in [-0.15, -0.1) is 0 Å². The maximum absolute atomic E-state index is 13.1. The van der Waals surface area contributed by atoms with Gasteiger partial charge in [-0.3, -0.25) is 19.2 Å². The van der Waals surface area contributed by atoms with E-state index in [4.69, 9.17) is 4.74 Å². The van der Waals surface area contributed by atoms with Crippen LogP contribution in [0.2, 0.25) is 0 Å². The van der Waals surface area contributed by atoms with Gasteiger partial charge in [-0.05, 0) is 49.1 Å². The molecule has 1 saturated heterocycles. The van der Waals surface area contributed by atoms with E-state index in [2.05, 4.69) is 4.72 Å². The number of hydrogen-bond acceptors (Lipinski definition) is 5. The number of likely N-dealkylation sites (tertiary alicyclic amines) is 1. The summed E-state index contributed by atoms with van der Waals surface area (Å²) in [6, 6.07) is 11.8. The molecule has 2 atom stereocenters. The van der Waals surface area contributed by atoms with Crippen LogP contribution in [0.15, 0.2) is 47.4 Å². The zero-order valence-electron chi connectivity index (χ0n) is 17.6. The zero-order valence-corrected chi connectivity index (χ0v) is 18.4. The predicted octanol–water partition coefficient (Wildman–Crippen LogP) is 3.48. The van der Waals surface area contributed by atoms with E-state index in [-0.39, 0.29) is 35.1 Å². The van der Waals surface area contributed by atoms with E-state index in [0.29, 0.717) is 22.6 Å². The van der Waals surface area contributed by atoms with Gasteiger partial charge in [0.25, 0.3) is 10.0 Å². The highest BCUT2D eigenvalue weighted by Gasteiger charge is 2.47. The third-order valence-electron chi connectivity index (χ3n) is 6.17. The summed E-state index contributed by atoms with van der Waals surface area (Å²) >= 11 is 0. The van der Waals surface area contributed by atoms with E-state index >= 15 is 0 Å². The first-order valence-corrected chi connectivity index (χ1v) is 11.9. The number of para-hydroxylation sites is 2. The Hall–Kier alpha value is -2.87. The third kappa shape index (κ3) is 4.04. The third-order valence-corrected chi connectivity index (χ3v) is 7.67. The highest BCUT2D eigenvalue weighted by Crippen LogP contribution is 2.38. The molecule has 4 rings (SSSR count). The molecule has 0 spiro atoms. The van der Waals surface area contributed by atoms with Crippen molar-refractivity contribution in [1.29, 1.82) is 0 Å². The first-order valence-electron chi connectivity index (χ1n) is 10.4. The first-order chi connectivity index (χ1) is 14.8. The number of hydrogen-bond donors (Lipinski definition) is 1. The van der Waals surface area contributed by atoms with Crippen LogP contribution in [0.5, 0.6) is 5.75 Å². The average molecular weight is 443 g/mol. The summed E-state index contributed by atoms with van der Waals surface area (Å²) in [6.07, 6.45) is 3.44. The van der Waals surface area contributed by atoms with Crippen molar-refractivity contribution >= 4 is 27.5 Å². The number of nitrogens with zero attached hydrogens (tertiary/aromatic N) is 1. The van der Waals surface area contributed by atoms with Gasteiger partial charge in [0.15, 0.2) is 0 Å². The number of fused-ring (bicyclic) bond motifs is 1. The van der Waals surface area contributed by atoms with E-state index < -0.39 is 10.0 Å². The molecule has 1 N–H and O–H groups in total. The molecule has 1 saturated carbocycles. The molecule has 1 heterocycles. The van der Waals surface area contributed by atoms with Crippen LogP contribution in [-0.2, 0) is 26.2 Å². The fourth-order valence-corrected chi connectivity index (χ4v) is 5.90. The number of amides is 2. The second-order valence-corrected chi connectivity index (χ2v) is 9.82. The predicted molar refractivity (Wildman–Crippen MR) is 116 cm³/mol. The Morgan fingerprint density at radius 3 is 2.32 bits per heavy atom. The normalized spacial score (nSPS) is 21.2. The standard InChI is InChI=1S/C23H26N2O5S/c1-15-11-12-16(14-25-22(26)17-7-3-4-8-18(17)23(25)27)13-21(15)31(28,29)24-19-9-5-6-10-20(19)30-2/h5-6,9-13,17-18,24H,3-4,7-8,14H2,1-2H3/t17-,18+. The van der Waals surface area contributed by atoms with Gasteiger partial charge in [-0.2, -0.15) is 0 Å². The smallest absolute Gasteiger partial charge is 0.262 e. The fourth-order valence-electron chi connectivity index (χ4n) is 4.53. The summed E-state index contributed by atoms with van der Waals surface area (Å²) in [5, 5.41) is 0. The molecule has 31 heavy (non-hydrogen) atoms. The molecule has 0 bridgehead atoms. The van der Waals surface area contributed by atoms with Crippen molar-refractivity contribution < 1.29 is 22.7 Å². The minimum absolute atomic E-state index is 0.0854. The van der Waals surface area contributed by atoms with Crippen LogP contribution < -0.4 is 9.46 Å². The van der Waals surface area contributed by atoms with Crippen LogP contribution in [0, 0.1) is 18.8 Å². The Morgan fingerprint density at radius 2 is 1.68 bits per heavy atom. The van der Waals surface area contributed by atoms with Gasteiger partial charge in [0.1, 0.15) is 5.75 Å². The van der Waals surface area contributed by atoms with E-state index in [0.717, 1.165) is 25.7 Å². The summed E-state index contributed by atoms with van der Waals surface area (Å²) in [5.41, 5.74) is 1.51. The fraction of sp³-hybridized carbons (Fsp3) is 0.391. The number of ether oxygens (including phenoxy) is 1. The number of anilines is 1. The van der Waals surface area contributed by atoms with Gasteiger partial charge in [-0.1, -0.05) is 37.1 Å². The minimum Gasteiger partial charge on any atom is -0.495 e. The maximum Gasteiger partial charge on any atom is 0.262 e. The number of benzene rings is 2. The number of sulfonamides is 1. The van der Waals surface area contributed by atoms with Gasteiger partial charge in [-0.25, -0.2) is 8.42 Å². The van der Waals surface area contributed by atoms with Gasteiger partial charge >= 0.3 is 0 Å². The molecule has 1 aliphatic carbocycles. The largest absolute Gasteiger partial charge is 0.495 e. The second-order valence-electron chi connectivity index (χ2n) is 8.17. The maximum atomic E-state index is 13.1. The van der Waals surface area contributed by atoms with E-state index in [1.807, 2.05) is 0 Å². The monoisotopic (exact) mass is 442 g/mol. The summed E-state index contributed by atoms with van der Waals surface area (Å²) in [5.74, 6) is -0.293. The molecule has 2 amide bonds. The molecular weight excluding hydrogens is 416 g/mol. The first kappa shape index (κ1) is 21.4. The lowest BCUT2D eigenvalue weighted by Gasteiger charge is -2.19. The van der Waals surface area contributed by atoms with Gasteiger partial charge in [0.2, 0.25) is 11.8 Å². The highest BCUT2D eigenvalue weighted by molar-refractivity contribution is 7.92. The van der Waals surface area contributed by atoms with Crippen molar-refractivity contribution in [2.45, 2.75) is 44.0 Å². The highest BCUT2D eigenvalue weighted by atomic mass is 32.2. The van der Waals surface area contributed by atoms with Crippen molar-refractivity contribution in [3.05, 3.63) is 53.6 Å². The lowest BCUT2D eigenvalue weighted by molar-refractivity contribution is -0.140. The summed E-state index contributed by atoms with van der Waals surface area (Å²) < 4.78 is 34.0. The zero-order chi connectivity index (χ0) is 22.2. The average Bonchev–Trinajstić information content (AvgIpc) is 3.00. The van der Waals surface area contributed by atoms with E-state index in [1.54, 1.807) is 43.3 Å². The quantitative estimate of drug-likeness (QED) is 0.692. The van der Waals surface area contributed by atoms with Crippen LogP contribution in [0.3, 0.4) is 0 Å². The molecule has 0 radical (unpaired) electrons. The lowest BCUT2D eigenvalue weighted by Crippen LogP contribution is -2.30. The van der Waals surface area contributed by atoms with Crippen molar-refractivity contribution in [2.75, 3.05) is 11.8 Å². The number of carbonyl (C=O) groups excluding carboxylic acids is 2. The number of methoxy groups -OCH3 is 1. The minimum atomic E-state index is -3.90. The molecule has 1 aliphatic heterocycles. The van der Waals surface area contributed by atoms with Gasteiger partial charge in [0.05, 0.1) is 36.1 Å². The summed E-state index contributed by atoms with van der Waals surface area (Å²) in [4.78, 5) is 27.0. The van der Waals surface area contributed by atoms with Crippen molar-refractivity contribution in [2.24, 2.45) is 11.8 Å². The molecule has 0 unspecified atom stereocenters. The summed E-state index contributed by atoms with van der Waals surface area (Å²) in [6.45, 7) is 1.80. The Bertz CT molecular complexity index is 1100. The SMILES string of the molecule is COc1ccccc1NS(=O)(=O)c1cc(CN2C(=O)[C@H]3CCCC[C@H]3C2=O)ccc1C. The van der Waals surface area contributed by atoms with Gasteiger partial charge in [0, 0.05) is 0 Å². The molecule has 0 aromatic heterocycles. The number of carbonyl (C=O) groups is 2. The van der Waals surface area contributed by atoms with Crippen LogP contribution in [0.4, 0.5) is 5.69 Å².